The Labute approximate surface area is 273 Å². The van der Waals surface area contributed by atoms with Crippen molar-refractivity contribution in [3.8, 4) is 50.7 Å². The van der Waals surface area contributed by atoms with Gasteiger partial charge < -0.3 is 4.57 Å². The van der Waals surface area contributed by atoms with Crippen molar-refractivity contribution in [2.24, 2.45) is 0 Å². The van der Waals surface area contributed by atoms with Gasteiger partial charge in [0, 0.05) is 33.2 Å². The van der Waals surface area contributed by atoms with Crippen LogP contribution in [0.1, 0.15) is 0 Å². The van der Waals surface area contributed by atoms with E-state index in [0.717, 1.165) is 44.9 Å². The minimum Gasteiger partial charge on any atom is -0.309 e. The van der Waals surface area contributed by atoms with E-state index in [-0.39, 0.29) is 0 Å². The maximum absolute atomic E-state index is 5.21. The lowest BCUT2D eigenvalue weighted by Crippen LogP contribution is -1.99. The van der Waals surface area contributed by atoms with Gasteiger partial charge >= 0.3 is 0 Å². The average Bonchev–Trinajstić information content (AvgIpc) is 3.49. The Hall–Kier alpha value is -6.32. The van der Waals surface area contributed by atoms with Crippen LogP contribution in [0.3, 0.4) is 0 Å². The van der Waals surface area contributed by atoms with Gasteiger partial charge in [0.25, 0.3) is 0 Å². The van der Waals surface area contributed by atoms with E-state index in [1.807, 2.05) is 24.3 Å². The van der Waals surface area contributed by atoms with Gasteiger partial charge in [0.2, 0.25) is 0 Å². The van der Waals surface area contributed by atoms with Gasteiger partial charge in [-0.25, -0.2) is 9.97 Å². The molecule has 7 aromatic carbocycles. The van der Waals surface area contributed by atoms with Crippen LogP contribution < -0.4 is 0 Å². The normalized spacial score (nSPS) is 11.4. The number of benzene rings is 7. The molecule has 2 aromatic heterocycles. The number of hydrogen-bond donors (Lipinski definition) is 0. The van der Waals surface area contributed by atoms with Crippen LogP contribution >= 0.6 is 0 Å². The van der Waals surface area contributed by atoms with Crippen LogP contribution in [0, 0.1) is 0 Å². The maximum Gasteiger partial charge on any atom is 0.160 e. The van der Waals surface area contributed by atoms with Gasteiger partial charge in [-0.2, -0.15) is 0 Å². The van der Waals surface area contributed by atoms with Gasteiger partial charge in [0.1, 0.15) is 0 Å². The lowest BCUT2D eigenvalue weighted by Gasteiger charge is -2.15. The van der Waals surface area contributed by atoms with Crippen molar-refractivity contribution in [3.63, 3.8) is 0 Å². The second-order valence-electron chi connectivity index (χ2n) is 11.9. The van der Waals surface area contributed by atoms with Crippen molar-refractivity contribution in [1.82, 2.24) is 14.5 Å². The number of para-hydroxylation sites is 2. The van der Waals surface area contributed by atoms with Crippen molar-refractivity contribution < 1.29 is 0 Å². The number of nitrogens with zero attached hydrogens (tertiary/aromatic N) is 3. The fourth-order valence-corrected chi connectivity index (χ4v) is 6.69. The highest BCUT2D eigenvalue weighted by Crippen LogP contribution is 2.37. The molecule has 0 unspecified atom stereocenters. The van der Waals surface area contributed by atoms with Crippen LogP contribution in [-0.4, -0.2) is 14.5 Å². The predicted molar refractivity (Wildman–Crippen MR) is 196 cm³/mol. The molecule has 2 heterocycles. The standard InChI is InChI=1S/C44H29N3/c1-3-14-31(15-4-1)40-29-41(46-44(45-40)32-16-5-2-6-17-32)36-26-35(34-24-23-30-13-7-8-18-33(30)25-34)27-37(28-36)47-42-21-11-9-19-38(42)39-20-10-12-22-43(39)47/h1-29H. The van der Waals surface area contributed by atoms with Gasteiger partial charge in [0.05, 0.1) is 22.4 Å². The van der Waals surface area contributed by atoms with E-state index in [0.29, 0.717) is 5.82 Å². The molecule has 0 bridgehead atoms. The van der Waals surface area contributed by atoms with Crippen LogP contribution in [0.4, 0.5) is 0 Å². The average molecular weight is 600 g/mol. The Morgan fingerprint density at radius 2 is 0.894 bits per heavy atom. The van der Waals surface area contributed by atoms with E-state index in [9.17, 15) is 0 Å². The molecule has 3 nitrogen and oxygen atoms in total. The third-order valence-electron chi connectivity index (χ3n) is 8.96. The van der Waals surface area contributed by atoms with E-state index in [4.69, 9.17) is 9.97 Å². The van der Waals surface area contributed by atoms with E-state index in [2.05, 4.69) is 156 Å². The summed E-state index contributed by atoms with van der Waals surface area (Å²) in [5, 5.41) is 4.92. The Bertz CT molecular complexity index is 2450. The lowest BCUT2D eigenvalue weighted by atomic mass is 9.97. The van der Waals surface area contributed by atoms with Crippen LogP contribution in [0.25, 0.3) is 83.3 Å². The molecule has 0 atom stereocenters. The monoisotopic (exact) mass is 599 g/mol. The molecule has 0 saturated carbocycles. The Balaban J connectivity index is 1.33. The van der Waals surface area contributed by atoms with Crippen molar-refractivity contribution in [1.29, 1.82) is 0 Å². The van der Waals surface area contributed by atoms with Gasteiger partial charge in [-0.1, -0.05) is 133 Å². The third kappa shape index (κ3) is 4.86. The first-order valence-corrected chi connectivity index (χ1v) is 15.9. The molecule has 9 rings (SSSR count). The molecular formula is C44H29N3. The smallest absolute Gasteiger partial charge is 0.160 e. The highest BCUT2D eigenvalue weighted by atomic mass is 15.0. The zero-order chi connectivity index (χ0) is 31.2. The minimum atomic E-state index is 0.705. The molecule has 0 saturated heterocycles. The number of hydrogen-bond acceptors (Lipinski definition) is 2. The summed E-state index contributed by atoms with van der Waals surface area (Å²) < 4.78 is 2.39. The second-order valence-corrected chi connectivity index (χ2v) is 11.9. The summed E-state index contributed by atoms with van der Waals surface area (Å²) in [5.41, 5.74) is 10.6. The number of fused-ring (bicyclic) bond motifs is 4. The quantitative estimate of drug-likeness (QED) is 0.197. The molecular weight excluding hydrogens is 571 g/mol. The number of rotatable bonds is 5. The Morgan fingerprint density at radius 3 is 1.60 bits per heavy atom. The highest BCUT2D eigenvalue weighted by molar-refractivity contribution is 6.09. The van der Waals surface area contributed by atoms with Crippen LogP contribution in [0.5, 0.6) is 0 Å². The summed E-state index contributed by atoms with van der Waals surface area (Å²) in [6.07, 6.45) is 0. The molecule has 9 aromatic rings. The predicted octanol–water partition coefficient (Wildman–Crippen LogP) is 11.4. The fraction of sp³-hybridized carbons (Fsp3) is 0. The summed E-state index contributed by atoms with van der Waals surface area (Å²) in [6, 6.07) is 62.2. The molecule has 3 heteroatoms. The van der Waals surface area contributed by atoms with Gasteiger partial charge in [-0.15, -0.1) is 0 Å². The van der Waals surface area contributed by atoms with Crippen LogP contribution in [-0.2, 0) is 0 Å². The Morgan fingerprint density at radius 1 is 0.340 bits per heavy atom. The Kier molecular flexibility index (Phi) is 6.46. The zero-order valence-corrected chi connectivity index (χ0v) is 25.6. The summed E-state index contributed by atoms with van der Waals surface area (Å²) in [4.78, 5) is 10.3. The molecule has 0 radical (unpaired) electrons. The second kappa shape index (κ2) is 11.2. The fourth-order valence-electron chi connectivity index (χ4n) is 6.69. The van der Waals surface area contributed by atoms with Crippen molar-refractivity contribution in [3.05, 3.63) is 176 Å². The lowest BCUT2D eigenvalue weighted by molar-refractivity contribution is 1.16. The van der Waals surface area contributed by atoms with E-state index in [1.54, 1.807) is 0 Å². The largest absolute Gasteiger partial charge is 0.309 e. The van der Waals surface area contributed by atoms with Crippen molar-refractivity contribution in [2.45, 2.75) is 0 Å². The maximum atomic E-state index is 5.21. The van der Waals surface area contributed by atoms with Crippen LogP contribution in [0.2, 0.25) is 0 Å². The summed E-state index contributed by atoms with van der Waals surface area (Å²) in [5.74, 6) is 0.705. The van der Waals surface area contributed by atoms with Gasteiger partial charge in [0.15, 0.2) is 5.82 Å². The van der Waals surface area contributed by atoms with Crippen molar-refractivity contribution >= 4 is 32.6 Å². The molecule has 0 aliphatic carbocycles. The minimum absolute atomic E-state index is 0.705. The van der Waals surface area contributed by atoms with E-state index in [1.165, 1.54) is 32.6 Å². The highest BCUT2D eigenvalue weighted by Gasteiger charge is 2.16. The summed E-state index contributed by atoms with van der Waals surface area (Å²) in [7, 11) is 0. The van der Waals surface area contributed by atoms with E-state index >= 15 is 0 Å². The summed E-state index contributed by atoms with van der Waals surface area (Å²) in [6.45, 7) is 0. The number of aromatic nitrogens is 3. The van der Waals surface area contributed by atoms with Crippen molar-refractivity contribution in [2.75, 3.05) is 0 Å². The molecule has 0 aliphatic rings. The molecule has 0 aliphatic heterocycles. The van der Waals surface area contributed by atoms with Gasteiger partial charge in [-0.3, -0.25) is 0 Å². The summed E-state index contributed by atoms with van der Waals surface area (Å²) >= 11 is 0. The molecule has 0 N–H and O–H groups in total. The first-order valence-electron chi connectivity index (χ1n) is 15.9. The SMILES string of the molecule is c1ccc(-c2cc(-c3cc(-c4ccc5ccccc5c4)cc(-n4c5ccccc5c5ccccc54)c3)nc(-c3ccccc3)n2)cc1. The molecule has 0 amide bonds. The third-order valence-corrected chi connectivity index (χ3v) is 8.96. The molecule has 220 valence electrons. The first kappa shape index (κ1) is 27.0. The molecule has 0 spiro atoms. The topological polar surface area (TPSA) is 30.7 Å². The zero-order valence-electron chi connectivity index (χ0n) is 25.6. The van der Waals surface area contributed by atoms with Gasteiger partial charge in [-0.05, 0) is 64.4 Å². The molecule has 47 heavy (non-hydrogen) atoms. The first-order chi connectivity index (χ1) is 23.3. The molecule has 0 fully saturated rings. The van der Waals surface area contributed by atoms with Crippen LogP contribution in [0.15, 0.2) is 176 Å². The van der Waals surface area contributed by atoms with E-state index < -0.39 is 0 Å².